The molecule has 0 aliphatic heterocycles. The number of hydrogen-bond donors (Lipinski definition) is 0. The molecule has 1 saturated carbocycles. The minimum atomic E-state index is 1.17. The molecule has 0 N–H and O–H groups in total. The highest BCUT2D eigenvalue weighted by Crippen LogP contribution is 2.26. The van der Waals surface area contributed by atoms with Gasteiger partial charge in [-0.25, -0.2) is 0 Å². The second kappa shape index (κ2) is 6.94. The number of hydrogen-bond acceptors (Lipinski definition) is 0. The molecule has 1 radical (unpaired) electrons. The summed E-state index contributed by atoms with van der Waals surface area (Å²) < 4.78 is 0. The summed E-state index contributed by atoms with van der Waals surface area (Å²) in [5, 5.41) is 1.17. The van der Waals surface area contributed by atoms with Crippen LogP contribution in [0.2, 0.25) is 0 Å². The van der Waals surface area contributed by atoms with Gasteiger partial charge in [0.05, 0.1) is 0 Å². The molecule has 12 heavy (non-hydrogen) atoms. The largest absolute Gasteiger partial charge is 0.0928 e. The Morgan fingerprint density at radius 2 is 1.33 bits per heavy atom. The molecule has 0 atom stereocenters. The molecule has 0 aromatic heterocycles. The number of rotatable bonds is 2. The maximum Gasteiger partial charge on any atom is 0.00367 e. The molecule has 0 aromatic rings. The van der Waals surface area contributed by atoms with Crippen LogP contribution in [0.1, 0.15) is 57.8 Å². The summed E-state index contributed by atoms with van der Waals surface area (Å²) in [6.07, 6.45) is 12.9. The third-order valence-electron chi connectivity index (χ3n) is 2.76. The normalized spacial score (nSPS) is 22.8. The predicted octanol–water partition coefficient (Wildman–Crippen LogP) is 4.48. The second-order valence-corrected chi connectivity index (χ2v) is 4.60. The van der Waals surface area contributed by atoms with Crippen LogP contribution in [0.4, 0.5) is 0 Å². The first-order valence-corrected chi connectivity index (χ1v) is 6.45. The van der Waals surface area contributed by atoms with E-state index in [2.05, 4.69) is 15.9 Å². The Bertz CT molecular complexity index is 91.2. The average molecular weight is 232 g/mol. The fourth-order valence-corrected chi connectivity index (χ4v) is 2.53. The van der Waals surface area contributed by atoms with Crippen molar-refractivity contribution in [2.45, 2.75) is 57.8 Å². The van der Waals surface area contributed by atoms with E-state index in [0.717, 1.165) is 0 Å². The van der Waals surface area contributed by atoms with Crippen LogP contribution in [0.3, 0.4) is 0 Å². The van der Waals surface area contributed by atoms with Crippen molar-refractivity contribution in [3.8, 4) is 0 Å². The highest BCUT2D eigenvalue weighted by molar-refractivity contribution is 9.09. The van der Waals surface area contributed by atoms with Crippen LogP contribution in [0, 0.1) is 5.92 Å². The summed E-state index contributed by atoms with van der Waals surface area (Å²) in [6, 6.07) is 0. The van der Waals surface area contributed by atoms with Gasteiger partial charge in [0.1, 0.15) is 0 Å². The van der Waals surface area contributed by atoms with E-state index in [-0.39, 0.29) is 0 Å². The Labute approximate surface area is 85.3 Å². The highest BCUT2D eigenvalue weighted by Gasteiger charge is 2.09. The fraction of sp³-hybridized carbons (Fsp3) is 0.909. The maximum atomic E-state index is 3.53. The number of alkyl halides is 1. The van der Waals surface area contributed by atoms with E-state index < -0.39 is 0 Å². The van der Waals surface area contributed by atoms with E-state index in [9.17, 15) is 0 Å². The number of halogens is 1. The molecule has 0 aromatic carbocycles. The molecule has 0 spiro atoms. The molecule has 0 nitrogen and oxygen atoms in total. The molecule has 1 heteroatoms. The van der Waals surface area contributed by atoms with Gasteiger partial charge in [0.15, 0.2) is 0 Å². The third-order valence-corrected chi connectivity index (χ3v) is 3.16. The van der Waals surface area contributed by atoms with Crippen LogP contribution in [-0.2, 0) is 0 Å². The quantitative estimate of drug-likeness (QED) is 0.616. The Kier molecular flexibility index (Phi) is 6.11. The molecule has 0 saturated heterocycles. The molecular formula is C11H20Br. The van der Waals surface area contributed by atoms with E-state index in [1.165, 1.54) is 63.1 Å². The molecular weight excluding hydrogens is 212 g/mol. The van der Waals surface area contributed by atoms with E-state index in [4.69, 9.17) is 0 Å². The van der Waals surface area contributed by atoms with Gasteiger partial charge < -0.3 is 0 Å². The van der Waals surface area contributed by atoms with Crippen molar-refractivity contribution < 1.29 is 0 Å². The fourth-order valence-electron chi connectivity index (χ4n) is 1.97. The van der Waals surface area contributed by atoms with Gasteiger partial charge in [0, 0.05) is 5.33 Å². The van der Waals surface area contributed by atoms with Crippen molar-refractivity contribution in [3.63, 3.8) is 0 Å². The Balaban J connectivity index is 2.19. The summed E-state index contributed by atoms with van der Waals surface area (Å²) in [7, 11) is 0. The monoisotopic (exact) mass is 231 g/mol. The van der Waals surface area contributed by atoms with Gasteiger partial charge in [-0.05, 0) is 25.2 Å². The van der Waals surface area contributed by atoms with Gasteiger partial charge in [-0.2, -0.15) is 0 Å². The molecule has 1 aliphatic rings. The molecule has 0 heterocycles. The molecule has 1 fully saturated rings. The molecule has 1 aliphatic carbocycles. The zero-order chi connectivity index (χ0) is 8.65. The lowest BCUT2D eigenvalue weighted by molar-refractivity contribution is 0.624. The summed E-state index contributed by atoms with van der Waals surface area (Å²) in [4.78, 5) is 0. The van der Waals surface area contributed by atoms with Crippen molar-refractivity contribution in [2.75, 3.05) is 5.33 Å². The molecule has 71 valence electrons. The summed E-state index contributed by atoms with van der Waals surface area (Å²) in [5.41, 5.74) is 0. The molecule has 0 bridgehead atoms. The lowest BCUT2D eigenvalue weighted by atomic mass is 9.95. The van der Waals surface area contributed by atoms with Crippen molar-refractivity contribution in [1.82, 2.24) is 0 Å². The topological polar surface area (TPSA) is 0 Å². The van der Waals surface area contributed by atoms with Gasteiger partial charge in [-0.3, -0.25) is 0 Å². The van der Waals surface area contributed by atoms with Crippen molar-refractivity contribution in [1.29, 1.82) is 0 Å². The Morgan fingerprint density at radius 3 is 1.83 bits per heavy atom. The second-order valence-electron chi connectivity index (χ2n) is 3.81. The Morgan fingerprint density at radius 1 is 0.833 bits per heavy atom. The maximum absolute atomic E-state index is 3.53. The van der Waals surface area contributed by atoms with E-state index in [0.29, 0.717) is 0 Å². The minimum absolute atomic E-state index is 1.17. The zero-order valence-electron chi connectivity index (χ0n) is 7.95. The standard InChI is InChI=1S/C11H20Br/c12-10-9-11-7-5-3-1-2-4-6-8-11/h1-10H2. The SMILES string of the molecule is BrCC[C]1CCCCCCCC1. The van der Waals surface area contributed by atoms with Crippen LogP contribution in [0.5, 0.6) is 0 Å². The van der Waals surface area contributed by atoms with Gasteiger partial charge >= 0.3 is 0 Å². The zero-order valence-corrected chi connectivity index (χ0v) is 9.54. The van der Waals surface area contributed by atoms with Gasteiger partial charge in [0.25, 0.3) is 0 Å². The third kappa shape index (κ3) is 4.49. The van der Waals surface area contributed by atoms with E-state index in [1.54, 1.807) is 0 Å². The van der Waals surface area contributed by atoms with E-state index >= 15 is 0 Å². The first-order chi connectivity index (χ1) is 5.93. The molecule has 0 amide bonds. The first kappa shape index (κ1) is 10.6. The lowest BCUT2D eigenvalue weighted by Gasteiger charge is -2.12. The van der Waals surface area contributed by atoms with Gasteiger partial charge in [-0.15, -0.1) is 0 Å². The van der Waals surface area contributed by atoms with Crippen molar-refractivity contribution in [3.05, 3.63) is 5.92 Å². The summed E-state index contributed by atoms with van der Waals surface area (Å²) in [6.45, 7) is 0. The summed E-state index contributed by atoms with van der Waals surface area (Å²) in [5.74, 6) is 1.81. The van der Waals surface area contributed by atoms with Crippen LogP contribution in [0.15, 0.2) is 0 Å². The van der Waals surface area contributed by atoms with Crippen LogP contribution in [0.25, 0.3) is 0 Å². The molecule has 1 rings (SSSR count). The summed E-state index contributed by atoms with van der Waals surface area (Å²) >= 11 is 3.53. The Hall–Kier alpha value is 0.480. The minimum Gasteiger partial charge on any atom is -0.0928 e. The van der Waals surface area contributed by atoms with Gasteiger partial charge in [-0.1, -0.05) is 54.5 Å². The van der Waals surface area contributed by atoms with Crippen LogP contribution >= 0.6 is 15.9 Å². The van der Waals surface area contributed by atoms with Crippen LogP contribution in [-0.4, -0.2) is 5.33 Å². The highest BCUT2D eigenvalue weighted by atomic mass is 79.9. The van der Waals surface area contributed by atoms with E-state index in [1.807, 2.05) is 5.92 Å². The van der Waals surface area contributed by atoms with Crippen molar-refractivity contribution in [2.24, 2.45) is 0 Å². The van der Waals surface area contributed by atoms with Gasteiger partial charge in [0.2, 0.25) is 0 Å². The van der Waals surface area contributed by atoms with Crippen LogP contribution < -0.4 is 0 Å². The predicted molar refractivity (Wildman–Crippen MR) is 58.6 cm³/mol. The average Bonchev–Trinajstić information content (AvgIpc) is 2.19. The molecule has 0 unspecified atom stereocenters. The lowest BCUT2D eigenvalue weighted by Crippen LogP contribution is -1.97. The van der Waals surface area contributed by atoms with Crippen molar-refractivity contribution >= 4 is 15.9 Å². The smallest absolute Gasteiger partial charge is 0.00367 e. The first-order valence-electron chi connectivity index (χ1n) is 5.33.